The molecule has 0 radical (unpaired) electrons. The number of hydrogen-bond acceptors (Lipinski definition) is 10. The van der Waals surface area contributed by atoms with Gasteiger partial charge in [0.1, 0.15) is 5.69 Å². The van der Waals surface area contributed by atoms with E-state index in [-0.39, 0.29) is 47.5 Å². The molecule has 14 heteroatoms. The molecule has 4 fully saturated rings. The monoisotopic (exact) mass is 701 g/mol. The summed E-state index contributed by atoms with van der Waals surface area (Å²) < 4.78 is 2.18. The Morgan fingerprint density at radius 3 is 2.48 bits per heavy atom. The summed E-state index contributed by atoms with van der Waals surface area (Å²) in [5, 5.41) is 22.8. The fourth-order valence-electron chi connectivity index (χ4n) is 7.65. The molecular weight excluding hydrogens is 658 g/mol. The fraction of sp³-hybridized carbons (Fsp3) is 0.447. The highest BCUT2D eigenvalue weighted by molar-refractivity contribution is 6.01. The predicted molar refractivity (Wildman–Crippen MR) is 195 cm³/mol. The van der Waals surface area contributed by atoms with Crippen LogP contribution >= 0.6 is 0 Å². The van der Waals surface area contributed by atoms with Crippen LogP contribution in [0.3, 0.4) is 0 Å². The van der Waals surface area contributed by atoms with Gasteiger partial charge < -0.3 is 25.8 Å². The van der Waals surface area contributed by atoms with E-state index >= 15 is 0 Å². The molecule has 3 aromatic heterocycles. The lowest BCUT2D eigenvalue weighted by molar-refractivity contribution is -0.117. The molecule has 1 atom stereocenters. The van der Waals surface area contributed by atoms with Gasteiger partial charge >= 0.3 is 0 Å². The molecule has 2 saturated heterocycles. The molecule has 4 aromatic rings. The Labute approximate surface area is 302 Å². The molecule has 1 aromatic carbocycles. The highest BCUT2D eigenvalue weighted by atomic mass is 16.2. The van der Waals surface area contributed by atoms with Crippen molar-refractivity contribution in [3.63, 3.8) is 0 Å². The molecule has 6 heterocycles. The second kappa shape index (κ2) is 13.0. The summed E-state index contributed by atoms with van der Waals surface area (Å²) in [6.07, 6.45) is 7.73. The molecule has 268 valence electrons. The highest BCUT2D eigenvalue weighted by Crippen LogP contribution is 2.49. The van der Waals surface area contributed by atoms with Crippen molar-refractivity contribution < 1.29 is 14.4 Å². The van der Waals surface area contributed by atoms with Crippen molar-refractivity contribution in [3.05, 3.63) is 71.4 Å². The largest absolute Gasteiger partial charge is 0.364 e. The Balaban J connectivity index is 0.944. The third-order valence-electron chi connectivity index (χ3n) is 11.0. The highest BCUT2D eigenvalue weighted by Gasteiger charge is 2.38. The standard InChI is InChI=1S/C38H43N11O3/c1-22-34-28(18-39-49(34)26-20-47(21-26)19-25-7-5-10-30(40-25)38(52)48-15-3-4-16-48)27-8-6-9-29(35(27)46(22)2)42-31-17-32(43-36(50)23-11-12-23)44-45-33(31)37(51)41-24-13-14-24/h5-10,17-18,22-24,26H,3-4,11-16,19-21H2,1-2H3,(H,41,51)(H2,42,43,44,50). The minimum atomic E-state index is -0.291. The van der Waals surface area contributed by atoms with Crippen molar-refractivity contribution >= 4 is 40.6 Å². The molecule has 5 aliphatic rings. The van der Waals surface area contributed by atoms with Gasteiger partial charge in [0.05, 0.1) is 46.7 Å². The maximum atomic E-state index is 13.3. The molecule has 0 spiro atoms. The summed E-state index contributed by atoms with van der Waals surface area (Å²) in [6, 6.07) is 13.9. The minimum Gasteiger partial charge on any atom is -0.364 e. The van der Waals surface area contributed by atoms with Crippen LogP contribution in [0.2, 0.25) is 0 Å². The number of amides is 3. The second-order valence-electron chi connectivity index (χ2n) is 14.9. The maximum Gasteiger partial charge on any atom is 0.274 e. The number of likely N-dealkylation sites (tertiary alicyclic amines) is 2. The van der Waals surface area contributed by atoms with Crippen LogP contribution < -0.4 is 20.9 Å². The number of rotatable bonds is 10. The number of carbonyl (C=O) groups is 3. The Morgan fingerprint density at radius 2 is 1.71 bits per heavy atom. The first-order chi connectivity index (χ1) is 25.3. The fourth-order valence-corrected chi connectivity index (χ4v) is 7.65. The molecular formula is C38H43N11O3. The number of nitrogens with one attached hydrogen (secondary N) is 3. The molecule has 52 heavy (non-hydrogen) atoms. The number of para-hydroxylation sites is 1. The Morgan fingerprint density at radius 1 is 0.923 bits per heavy atom. The van der Waals surface area contributed by atoms with E-state index < -0.39 is 0 Å². The van der Waals surface area contributed by atoms with E-state index in [1.807, 2.05) is 41.4 Å². The van der Waals surface area contributed by atoms with Crippen molar-refractivity contribution in [1.82, 2.24) is 40.1 Å². The molecule has 2 aliphatic carbocycles. The van der Waals surface area contributed by atoms with Crippen LogP contribution in [0.25, 0.3) is 11.1 Å². The van der Waals surface area contributed by atoms with Gasteiger partial charge in [0, 0.05) is 68.9 Å². The van der Waals surface area contributed by atoms with Gasteiger partial charge in [-0.3, -0.25) is 24.0 Å². The van der Waals surface area contributed by atoms with E-state index in [1.54, 1.807) is 6.07 Å². The first-order valence-corrected chi connectivity index (χ1v) is 18.5. The topological polar surface area (TPSA) is 154 Å². The summed E-state index contributed by atoms with van der Waals surface area (Å²) in [5.74, 6) is -0.0152. The number of pyridine rings is 1. The van der Waals surface area contributed by atoms with Crippen LogP contribution in [0.5, 0.6) is 0 Å². The number of benzene rings is 1. The minimum absolute atomic E-state index is 0.0102. The van der Waals surface area contributed by atoms with E-state index in [4.69, 9.17) is 10.1 Å². The van der Waals surface area contributed by atoms with Gasteiger partial charge in [-0.15, -0.1) is 10.2 Å². The van der Waals surface area contributed by atoms with Crippen molar-refractivity contribution in [2.45, 2.75) is 70.1 Å². The molecule has 3 N–H and O–H groups in total. The number of fused-ring (bicyclic) bond motifs is 3. The van der Waals surface area contributed by atoms with Gasteiger partial charge in [-0.2, -0.15) is 5.10 Å². The number of anilines is 4. The number of aromatic nitrogens is 5. The smallest absolute Gasteiger partial charge is 0.274 e. The zero-order valence-corrected chi connectivity index (χ0v) is 29.5. The average molecular weight is 702 g/mol. The molecule has 14 nitrogen and oxygen atoms in total. The quantitative estimate of drug-likeness (QED) is 0.215. The van der Waals surface area contributed by atoms with E-state index in [0.29, 0.717) is 23.7 Å². The van der Waals surface area contributed by atoms with Gasteiger partial charge in [-0.25, -0.2) is 4.98 Å². The van der Waals surface area contributed by atoms with Crippen LogP contribution in [0.15, 0.2) is 48.7 Å². The number of nitrogens with zero attached hydrogens (tertiary/aromatic N) is 8. The zero-order chi connectivity index (χ0) is 35.5. The van der Waals surface area contributed by atoms with Gasteiger partial charge in [-0.1, -0.05) is 18.2 Å². The number of hydrogen-bond donors (Lipinski definition) is 3. The van der Waals surface area contributed by atoms with Gasteiger partial charge in [-0.05, 0) is 63.6 Å². The molecule has 3 aliphatic heterocycles. The van der Waals surface area contributed by atoms with Crippen LogP contribution in [0.4, 0.5) is 22.9 Å². The Kier molecular flexibility index (Phi) is 8.13. The van der Waals surface area contributed by atoms with Gasteiger partial charge in [0.15, 0.2) is 11.5 Å². The van der Waals surface area contributed by atoms with Crippen LogP contribution in [-0.2, 0) is 11.3 Å². The van der Waals surface area contributed by atoms with E-state index in [1.165, 1.54) is 0 Å². The van der Waals surface area contributed by atoms with E-state index in [9.17, 15) is 14.4 Å². The molecule has 0 bridgehead atoms. The van der Waals surface area contributed by atoms with Gasteiger partial charge in [0.2, 0.25) is 5.91 Å². The molecule has 2 saturated carbocycles. The first-order valence-electron chi connectivity index (χ1n) is 18.5. The lowest BCUT2D eigenvalue weighted by atomic mass is 9.93. The third kappa shape index (κ3) is 6.14. The van der Waals surface area contributed by atoms with Crippen LogP contribution in [-0.4, -0.2) is 91.8 Å². The van der Waals surface area contributed by atoms with Crippen LogP contribution in [0, 0.1) is 5.92 Å². The summed E-state index contributed by atoms with van der Waals surface area (Å²) in [7, 11) is 2.08. The summed E-state index contributed by atoms with van der Waals surface area (Å²) in [6.45, 7) is 6.18. The van der Waals surface area contributed by atoms with Crippen molar-refractivity contribution in [2.24, 2.45) is 5.92 Å². The average Bonchev–Trinajstić information content (AvgIpc) is 4.05. The zero-order valence-electron chi connectivity index (χ0n) is 29.5. The normalized spacial score (nSPS) is 19.8. The molecule has 3 amide bonds. The maximum absolute atomic E-state index is 13.3. The van der Waals surface area contributed by atoms with Crippen molar-refractivity contribution in [1.29, 1.82) is 0 Å². The second-order valence-corrected chi connectivity index (χ2v) is 14.9. The number of carbonyl (C=O) groups excluding carboxylic acids is 3. The van der Waals surface area contributed by atoms with Crippen molar-refractivity contribution in [3.8, 4) is 11.1 Å². The van der Waals surface area contributed by atoms with E-state index in [2.05, 4.69) is 60.7 Å². The summed E-state index contributed by atoms with van der Waals surface area (Å²) in [4.78, 5) is 49.9. The molecule has 1 unspecified atom stereocenters. The SMILES string of the molecule is CC1c2c(cnn2C2CN(Cc3cccc(C(=O)N4CCCC4)n3)C2)-c2cccc(Nc3cc(NC(=O)C4CC4)nnc3C(=O)NC3CC3)c2N1C. The van der Waals surface area contributed by atoms with Gasteiger partial charge in [0.25, 0.3) is 11.8 Å². The molecule has 9 rings (SSSR count). The Bertz CT molecular complexity index is 2060. The lowest BCUT2D eigenvalue weighted by Crippen LogP contribution is -2.48. The predicted octanol–water partition coefficient (Wildman–Crippen LogP) is 4.52. The van der Waals surface area contributed by atoms with E-state index in [0.717, 1.165) is 98.6 Å². The van der Waals surface area contributed by atoms with Crippen LogP contribution in [0.1, 0.15) is 89.9 Å². The summed E-state index contributed by atoms with van der Waals surface area (Å²) in [5.41, 5.74) is 7.17. The third-order valence-corrected chi connectivity index (χ3v) is 11.0. The Hall–Kier alpha value is -5.37. The van der Waals surface area contributed by atoms with Crippen molar-refractivity contribution in [2.75, 3.05) is 48.8 Å². The lowest BCUT2D eigenvalue weighted by Gasteiger charge is -2.42. The first kappa shape index (κ1) is 32.5. The summed E-state index contributed by atoms with van der Waals surface area (Å²) >= 11 is 0.